The summed E-state index contributed by atoms with van der Waals surface area (Å²) in [6, 6.07) is 7.03. The predicted molar refractivity (Wildman–Crippen MR) is 73.8 cm³/mol. The Bertz CT molecular complexity index is 411. The van der Waals surface area contributed by atoms with Gasteiger partial charge in [-0.15, -0.1) is 0 Å². The highest BCUT2D eigenvalue weighted by atomic mass is 16.5. The monoisotopic (exact) mass is 247 g/mol. The molecule has 1 fully saturated rings. The summed E-state index contributed by atoms with van der Waals surface area (Å²) in [5.41, 5.74) is 2.41. The Balaban J connectivity index is 2.04. The minimum absolute atomic E-state index is 0.632. The molecule has 3 nitrogen and oxygen atoms in total. The molecule has 1 N–H and O–H groups in total. The van der Waals surface area contributed by atoms with E-state index in [9.17, 15) is 0 Å². The molecule has 3 heteroatoms. The Labute approximate surface area is 109 Å². The minimum Gasteiger partial charge on any atom is -0.497 e. The number of rotatable bonds is 7. The third kappa shape index (κ3) is 4.17. The van der Waals surface area contributed by atoms with Crippen molar-refractivity contribution >= 4 is 6.08 Å². The zero-order valence-electron chi connectivity index (χ0n) is 11.1. The van der Waals surface area contributed by atoms with E-state index in [1.165, 1.54) is 18.4 Å². The molecule has 0 saturated heterocycles. The van der Waals surface area contributed by atoms with Crippen molar-refractivity contribution in [3.63, 3.8) is 0 Å². The molecule has 0 heterocycles. The molecule has 98 valence electrons. The van der Waals surface area contributed by atoms with E-state index in [0.717, 1.165) is 23.9 Å². The maximum atomic E-state index is 5.33. The quantitative estimate of drug-likeness (QED) is 0.803. The summed E-state index contributed by atoms with van der Waals surface area (Å²) in [5.74, 6) is 0.905. The van der Waals surface area contributed by atoms with Gasteiger partial charge < -0.3 is 14.8 Å². The van der Waals surface area contributed by atoms with Gasteiger partial charge in [0.25, 0.3) is 0 Å². The van der Waals surface area contributed by atoms with Crippen LogP contribution in [0.5, 0.6) is 5.75 Å². The molecule has 18 heavy (non-hydrogen) atoms. The molecule has 0 spiro atoms. The van der Waals surface area contributed by atoms with Crippen LogP contribution in [-0.4, -0.2) is 26.9 Å². The second-order valence-electron chi connectivity index (χ2n) is 4.63. The lowest BCUT2D eigenvalue weighted by atomic mass is 10.1. The van der Waals surface area contributed by atoms with E-state index in [1.54, 1.807) is 14.2 Å². The van der Waals surface area contributed by atoms with Gasteiger partial charge in [-0.1, -0.05) is 18.2 Å². The van der Waals surface area contributed by atoms with Gasteiger partial charge in [-0.25, -0.2) is 0 Å². The Morgan fingerprint density at radius 1 is 1.28 bits per heavy atom. The SMILES string of the molecule is COC/C=C/c1cc(CNC2CC2)cc(OC)c1. The largest absolute Gasteiger partial charge is 0.497 e. The van der Waals surface area contributed by atoms with E-state index in [1.807, 2.05) is 12.1 Å². The van der Waals surface area contributed by atoms with Crippen LogP contribution in [0.4, 0.5) is 0 Å². The van der Waals surface area contributed by atoms with Gasteiger partial charge in [0, 0.05) is 19.7 Å². The molecule has 0 aromatic heterocycles. The average molecular weight is 247 g/mol. The summed E-state index contributed by atoms with van der Waals surface area (Å²) >= 11 is 0. The van der Waals surface area contributed by atoms with Crippen LogP contribution in [0, 0.1) is 0 Å². The van der Waals surface area contributed by atoms with Gasteiger partial charge in [-0.3, -0.25) is 0 Å². The Hall–Kier alpha value is -1.32. The van der Waals surface area contributed by atoms with Crippen LogP contribution in [0.25, 0.3) is 6.08 Å². The van der Waals surface area contributed by atoms with Gasteiger partial charge in [0.1, 0.15) is 5.75 Å². The van der Waals surface area contributed by atoms with E-state index in [4.69, 9.17) is 9.47 Å². The van der Waals surface area contributed by atoms with Crippen molar-refractivity contribution in [3.8, 4) is 5.75 Å². The highest BCUT2D eigenvalue weighted by Crippen LogP contribution is 2.22. The lowest BCUT2D eigenvalue weighted by Crippen LogP contribution is -2.15. The van der Waals surface area contributed by atoms with Crippen molar-refractivity contribution in [2.45, 2.75) is 25.4 Å². The number of benzene rings is 1. The molecule has 2 rings (SSSR count). The third-order valence-corrected chi connectivity index (χ3v) is 2.97. The first-order valence-corrected chi connectivity index (χ1v) is 6.38. The van der Waals surface area contributed by atoms with Gasteiger partial charge in [0.15, 0.2) is 0 Å². The van der Waals surface area contributed by atoms with Gasteiger partial charge in [0.2, 0.25) is 0 Å². The van der Waals surface area contributed by atoms with E-state index >= 15 is 0 Å². The molecule has 1 aromatic rings. The molecular formula is C15H21NO2. The van der Waals surface area contributed by atoms with Gasteiger partial charge in [-0.05, 0) is 36.1 Å². The van der Waals surface area contributed by atoms with Crippen LogP contribution in [0.3, 0.4) is 0 Å². The van der Waals surface area contributed by atoms with Crippen LogP contribution in [0.15, 0.2) is 24.3 Å². The van der Waals surface area contributed by atoms with Crippen molar-refractivity contribution < 1.29 is 9.47 Å². The molecule has 1 aliphatic rings. The zero-order valence-corrected chi connectivity index (χ0v) is 11.1. The minimum atomic E-state index is 0.632. The lowest BCUT2D eigenvalue weighted by molar-refractivity contribution is 0.234. The molecule has 0 radical (unpaired) electrons. The van der Waals surface area contributed by atoms with E-state index in [-0.39, 0.29) is 0 Å². The average Bonchev–Trinajstić information content (AvgIpc) is 3.20. The number of ether oxygens (including phenoxy) is 2. The number of nitrogens with one attached hydrogen (secondary N) is 1. The van der Waals surface area contributed by atoms with Gasteiger partial charge >= 0.3 is 0 Å². The Morgan fingerprint density at radius 2 is 2.11 bits per heavy atom. The maximum absolute atomic E-state index is 5.33. The van der Waals surface area contributed by atoms with Crippen LogP contribution in [0.2, 0.25) is 0 Å². The first-order valence-electron chi connectivity index (χ1n) is 6.38. The van der Waals surface area contributed by atoms with Crippen molar-refractivity contribution in [2.75, 3.05) is 20.8 Å². The fourth-order valence-electron chi connectivity index (χ4n) is 1.83. The fourth-order valence-corrected chi connectivity index (χ4v) is 1.83. The van der Waals surface area contributed by atoms with Crippen molar-refractivity contribution in [1.29, 1.82) is 0 Å². The standard InChI is InChI=1S/C15H21NO2/c1-17-7-3-4-12-8-13(10-15(9-12)18-2)11-16-14-5-6-14/h3-4,8-10,14,16H,5-7,11H2,1-2H3/b4-3+. The molecule has 0 atom stereocenters. The highest BCUT2D eigenvalue weighted by Gasteiger charge is 2.19. The highest BCUT2D eigenvalue weighted by molar-refractivity contribution is 5.53. The number of hydrogen-bond acceptors (Lipinski definition) is 3. The first kappa shape index (κ1) is 13.1. The van der Waals surface area contributed by atoms with Crippen LogP contribution >= 0.6 is 0 Å². The maximum Gasteiger partial charge on any atom is 0.119 e. The Kier molecular flexibility index (Phi) is 4.79. The topological polar surface area (TPSA) is 30.5 Å². The van der Waals surface area contributed by atoms with Crippen LogP contribution < -0.4 is 10.1 Å². The normalized spacial score (nSPS) is 15.2. The summed E-state index contributed by atoms with van der Waals surface area (Å²) < 4.78 is 10.3. The summed E-state index contributed by atoms with van der Waals surface area (Å²) in [4.78, 5) is 0. The molecule has 1 saturated carbocycles. The molecule has 1 aromatic carbocycles. The molecule has 0 amide bonds. The van der Waals surface area contributed by atoms with Crippen molar-refractivity contribution in [2.24, 2.45) is 0 Å². The van der Waals surface area contributed by atoms with Gasteiger partial charge in [0.05, 0.1) is 13.7 Å². The summed E-state index contributed by atoms with van der Waals surface area (Å²) in [6.45, 7) is 1.54. The Morgan fingerprint density at radius 3 is 2.78 bits per heavy atom. The first-order chi connectivity index (χ1) is 8.81. The molecule has 0 aliphatic heterocycles. The summed E-state index contributed by atoms with van der Waals surface area (Å²) in [6.07, 6.45) is 6.69. The molecule has 1 aliphatic carbocycles. The third-order valence-electron chi connectivity index (χ3n) is 2.97. The molecule has 0 unspecified atom stereocenters. The number of hydrogen-bond donors (Lipinski definition) is 1. The van der Waals surface area contributed by atoms with E-state index in [0.29, 0.717) is 6.61 Å². The summed E-state index contributed by atoms with van der Waals surface area (Å²) in [5, 5.41) is 3.51. The summed E-state index contributed by atoms with van der Waals surface area (Å²) in [7, 11) is 3.40. The van der Waals surface area contributed by atoms with Crippen molar-refractivity contribution in [1.82, 2.24) is 5.32 Å². The zero-order chi connectivity index (χ0) is 12.8. The van der Waals surface area contributed by atoms with E-state index < -0.39 is 0 Å². The van der Waals surface area contributed by atoms with Gasteiger partial charge in [-0.2, -0.15) is 0 Å². The van der Waals surface area contributed by atoms with E-state index in [2.05, 4.69) is 23.5 Å². The second-order valence-corrected chi connectivity index (χ2v) is 4.63. The van der Waals surface area contributed by atoms with Crippen LogP contribution in [0.1, 0.15) is 24.0 Å². The lowest BCUT2D eigenvalue weighted by Gasteiger charge is -2.08. The van der Waals surface area contributed by atoms with Crippen LogP contribution in [-0.2, 0) is 11.3 Å². The van der Waals surface area contributed by atoms with Crippen molar-refractivity contribution in [3.05, 3.63) is 35.4 Å². The predicted octanol–water partition coefficient (Wildman–Crippen LogP) is 2.61. The smallest absolute Gasteiger partial charge is 0.119 e. The number of methoxy groups -OCH3 is 2. The molecular weight excluding hydrogens is 226 g/mol. The fraction of sp³-hybridized carbons (Fsp3) is 0.467. The second kappa shape index (κ2) is 6.57. The molecule has 0 bridgehead atoms.